The number of aryl methyl sites for hydroxylation is 1. The van der Waals surface area contributed by atoms with Gasteiger partial charge in [-0.15, -0.1) is 0 Å². The number of amides is 2. The first-order valence-electron chi connectivity index (χ1n) is 8.39. The van der Waals surface area contributed by atoms with Gasteiger partial charge in [-0.2, -0.15) is 0 Å². The van der Waals surface area contributed by atoms with Crippen LogP contribution >= 0.6 is 0 Å². The van der Waals surface area contributed by atoms with Crippen molar-refractivity contribution in [1.29, 1.82) is 0 Å². The summed E-state index contributed by atoms with van der Waals surface area (Å²) in [4.78, 5) is 32.3. The van der Waals surface area contributed by atoms with Crippen LogP contribution in [0.5, 0.6) is 5.75 Å². The van der Waals surface area contributed by atoms with Crippen molar-refractivity contribution < 1.29 is 14.3 Å². The van der Waals surface area contributed by atoms with Crippen molar-refractivity contribution in [2.24, 2.45) is 0 Å². The van der Waals surface area contributed by atoms with Gasteiger partial charge in [0, 0.05) is 25.4 Å². The number of nitrogens with zero attached hydrogens (tertiary/aromatic N) is 2. The molecule has 0 aliphatic heterocycles. The predicted molar refractivity (Wildman–Crippen MR) is 105 cm³/mol. The number of ether oxygens (including phenoxy) is 1. The number of hydrogen-bond acceptors (Lipinski definition) is 5. The molecule has 7 nitrogen and oxygen atoms in total. The van der Waals surface area contributed by atoms with Crippen LogP contribution in [0.1, 0.15) is 19.4 Å². The zero-order valence-electron chi connectivity index (χ0n) is 15.6. The maximum absolute atomic E-state index is 11.6. The number of fused-ring (bicyclic) bond motifs is 1. The zero-order chi connectivity index (χ0) is 19.6. The fourth-order valence-corrected chi connectivity index (χ4v) is 2.81. The Labute approximate surface area is 156 Å². The minimum atomic E-state index is -0.252. The summed E-state index contributed by atoms with van der Waals surface area (Å²) >= 11 is 0. The fraction of sp³-hybridized carbons (Fsp3) is 0.200. The molecule has 138 valence electrons. The van der Waals surface area contributed by atoms with Gasteiger partial charge in [0.15, 0.2) is 5.75 Å². The van der Waals surface area contributed by atoms with Gasteiger partial charge in [0.1, 0.15) is 5.52 Å². The van der Waals surface area contributed by atoms with E-state index in [9.17, 15) is 9.59 Å². The van der Waals surface area contributed by atoms with E-state index in [0.717, 1.165) is 11.3 Å². The van der Waals surface area contributed by atoms with Crippen LogP contribution in [0.4, 0.5) is 11.4 Å². The molecule has 0 spiro atoms. The van der Waals surface area contributed by atoms with Crippen molar-refractivity contribution in [3.63, 3.8) is 0 Å². The smallest absolute Gasteiger partial charge is 0.221 e. The third kappa shape index (κ3) is 3.87. The Bertz CT molecular complexity index is 1030. The number of nitrogens with one attached hydrogen (secondary N) is 2. The van der Waals surface area contributed by atoms with Crippen molar-refractivity contribution >= 4 is 34.1 Å². The van der Waals surface area contributed by atoms with Crippen LogP contribution in [-0.2, 0) is 9.59 Å². The molecule has 7 heteroatoms. The molecule has 0 unspecified atom stereocenters. The molecule has 2 heterocycles. The van der Waals surface area contributed by atoms with E-state index >= 15 is 0 Å². The second-order valence-electron chi connectivity index (χ2n) is 6.18. The maximum atomic E-state index is 11.6. The molecular weight excluding hydrogens is 344 g/mol. The number of hydrogen-bond donors (Lipinski definition) is 2. The second-order valence-corrected chi connectivity index (χ2v) is 6.18. The van der Waals surface area contributed by atoms with Gasteiger partial charge in [-0.1, -0.05) is 6.07 Å². The minimum absolute atomic E-state index is 0.223. The number of rotatable bonds is 4. The van der Waals surface area contributed by atoms with Crippen LogP contribution < -0.4 is 15.4 Å². The summed E-state index contributed by atoms with van der Waals surface area (Å²) in [6, 6.07) is 9.20. The number of pyridine rings is 2. The van der Waals surface area contributed by atoms with E-state index < -0.39 is 0 Å². The van der Waals surface area contributed by atoms with Crippen LogP contribution in [0.15, 0.2) is 36.5 Å². The first kappa shape index (κ1) is 18.3. The molecule has 3 aromatic rings. The van der Waals surface area contributed by atoms with Crippen molar-refractivity contribution in [2.45, 2.75) is 20.8 Å². The van der Waals surface area contributed by atoms with Crippen LogP contribution in [0, 0.1) is 6.92 Å². The first-order chi connectivity index (χ1) is 12.9. The minimum Gasteiger partial charge on any atom is -0.492 e. The lowest BCUT2D eigenvalue weighted by atomic mass is 10.1. The van der Waals surface area contributed by atoms with Crippen molar-refractivity contribution in [2.75, 3.05) is 17.7 Å². The summed E-state index contributed by atoms with van der Waals surface area (Å²) in [5.41, 5.74) is 3.93. The quantitative estimate of drug-likeness (QED) is 0.739. The van der Waals surface area contributed by atoms with Gasteiger partial charge in [-0.3, -0.25) is 14.6 Å². The summed E-state index contributed by atoms with van der Waals surface area (Å²) in [5, 5.41) is 6.20. The van der Waals surface area contributed by atoms with E-state index in [1.807, 2.05) is 31.2 Å². The van der Waals surface area contributed by atoms with Gasteiger partial charge in [-0.05, 0) is 36.8 Å². The first-order valence-corrected chi connectivity index (χ1v) is 8.39. The molecule has 0 saturated heterocycles. The normalized spacial score (nSPS) is 10.5. The molecule has 2 N–H and O–H groups in total. The highest BCUT2D eigenvalue weighted by molar-refractivity contribution is 6.07. The topological polar surface area (TPSA) is 93.2 Å². The Balaban J connectivity index is 2.26. The molecule has 27 heavy (non-hydrogen) atoms. The number of benzene rings is 1. The molecule has 0 bridgehead atoms. The Hall–Kier alpha value is -3.48. The monoisotopic (exact) mass is 364 g/mol. The van der Waals surface area contributed by atoms with E-state index in [2.05, 4.69) is 15.6 Å². The summed E-state index contributed by atoms with van der Waals surface area (Å²) in [5.74, 6) is -0.0550. The number of anilines is 2. The predicted octanol–water partition coefficient (Wildman–Crippen LogP) is 3.53. The molecule has 0 aliphatic carbocycles. The average molecular weight is 364 g/mol. The summed E-state index contributed by atoms with van der Waals surface area (Å²) in [7, 11) is 1.51. The Morgan fingerprint density at radius 1 is 0.963 bits per heavy atom. The lowest BCUT2D eigenvalue weighted by molar-refractivity contribution is -0.115. The van der Waals surface area contributed by atoms with Crippen molar-refractivity contribution in [1.82, 2.24) is 9.97 Å². The fourth-order valence-electron chi connectivity index (χ4n) is 2.81. The van der Waals surface area contributed by atoms with Crippen LogP contribution in [0.2, 0.25) is 0 Å². The molecule has 0 fully saturated rings. The standard InChI is InChI=1S/C20H20N4O3/c1-11-5-7-15(21-10-11)16-8-6-14-17(22-12(2)25)9-18(23-13(3)26)20(27-4)19(14)24-16/h5-10H,1-4H3,(H,22,25)(H,23,26). The van der Waals surface area contributed by atoms with Crippen molar-refractivity contribution in [3.8, 4) is 17.1 Å². The molecule has 2 amide bonds. The Kier molecular flexibility index (Phi) is 5.03. The molecular formula is C20H20N4O3. The van der Waals surface area contributed by atoms with Crippen molar-refractivity contribution in [3.05, 3.63) is 42.1 Å². The van der Waals surface area contributed by atoms with E-state index in [-0.39, 0.29) is 11.8 Å². The van der Waals surface area contributed by atoms with E-state index in [1.165, 1.54) is 21.0 Å². The van der Waals surface area contributed by atoms with Gasteiger partial charge in [0.05, 0.1) is 29.9 Å². The van der Waals surface area contributed by atoms with E-state index in [0.29, 0.717) is 33.7 Å². The Morgan fingerprint density at radius 2 is 1.63 bits per heavy atom. The van der Waals surface area contributed by atoms with Gasteiger partial charge < -0.3 is 15.4 Å². The highest BCUT2D eigenvalue weighted by Crippen LogP contribution is 2.38. The second kappa shape index (κ2) is 7.41. The molecule has 1 aromatic carbocycles. The van der Waals surface area contributed by atoms with Crippen LogP contribution in [-0.4, -0.2) is 28.9 Å². The van der Waals surface area contributed by atoms with Gasteiger partial charge in [-0.25, -0.2) is 4.98 Å². The number of aromatic nitrogens is 2. The molecule has 0 atom stereocenters. The molecule has 0 radical (unpaired) electrons. The Morgan fingerprint density at radius 3 is 2.22 bits per heavy atom. The SMILES string of the molecule is COc1c(NC(C)=O)cc(NC(C)=O)c2ccc(-c3ccc(C)cn3)nc12. The van der Waals surface area contributed by atoms with E-state index in [1.54, 1.807) is 12.3 Å². The number of methoxy groups -OCH3 is 1. The summed E-state index contributed by atoms with van der Waals surface area (Å²) in [6.07, 6.45) is 1.77. The summed E-state index contributed by atoms with van der Waals surface area (Å²) in [6.45, 7) is 4.79. The third-order valence-corrected chi connectivity index (χ3v) is 3.93. The van der Waals surface area contributed by atoms with E-state index in [4.69, 9.17) is 9.72 Å². The molecule has 0 saturated carbocycles. The third-order valence-electron chi connectivity index (χ3n) is 3.93. The number of carbonyl (C=O) groups excluding carboxylic acids is 2. The molecule has 2 aromatic heterocycles. The number of carbonyl (C=O) groups is 2. The average Bonchev–Trinajstić information content (AvgIpc) is 2.61. The lowest BCUT2D eigenvalue weighted by Crippen LogP contribution is -2.11. The molecule has 3 rings (SSSR count). The highest BCUT2D eigenvalue weighted by atomic mass is 16.5. The van der Waals surface area contributed by atoms with Gasteiger partial charge in [0.25, 0.3) is 0 Å². The van der Waals surface area contributed by atoms with Crippen LogP contribution in [0.3, 0.4) is 0 Å². The highest BCUT2D eigenvalue weighted by Gasteiger charge is 2.17. The van der Waals surface area contributed by atoms with Gasteiger partial charge >= 0.3 is 0 Å². The van der Waals surface area contributed by atoms with Crippen LogP contribution in [0.25, 0.3) is 22.3 Å². The maximum Gasteiger partial charge on any atom is 0.221 e. The lowest BCUT2D eigenvalue weighted by Gasteiger charge is -2.16. The summed E-state index contributed by atoms with van der Waals surface area (Å²) < 4.78 is 5.52. The largest absolute Gasteiger partial charge is 0.492 e. The molecule has 0 aliphatic rings. The van der Waals surface area contributed by atoms with Gasteiger partial charge in [0.2, 0.25) is 11.8 Å². The zero-order valence-corrected chi connectivity index (χ0v) is 15.6.